The summed E-state index contributed by atoms with van der Waals surface area (Å²) in [6, 6.07) is 0. The van der Waals surface area contributed by atoms with Crippen molar-refractivity contribution in [3.8, 4) is 0 Å². The third kappa shape index (κ3) is 13.9. The van der Waals surface area contributed by atoms with Crippen LogP contribution in [0.4, 0.5) is 4.79 Å². The second-order valence-corrected chi connectivity index (χ2v) is 8.09. The summed E-state index contributed by atoms with van der Waals surface area (Å²) in [6.07, 6.45) is 17.7. The van der Waals surface area contributed by atoms with E-state index in [0.717, 1.165) is 51.4 Å². The van der Waals surface area contributed by atoms with Crippen LogP contribution < -0.4 is 0 Å². The molecular weight excluding hydrogens is 368 g/mol. The van der Waals surface area contributed by atoms with Gasteiger partial charge in [0.05, 0.1) is 6.10 Å². The summed E-state index contributed by atoms with van der Waals surface area (Å²) in [7, 11) is 0. The maximum absolute atomic E-state index is 10.5. The fourth-order valence-corrected chi connectivity index (χ4v) is 3.94. The Labute approximate surface area is 169 Å². The van der Waals surface area contributed by atoms with Crippen molar-refractivity contribution in [3.05, 3.63) is 0 Å². The van der Waals surface area contributed by atoms with Crippen molar-refractivity contribution in [2.45, 2.75) is 122 Å². The van der Waals surface area contributed by atoms with Crippen LogP contribution in [0.1, 0.15) is 103 Å². The smallest absolute Gasteiger partial charge is 0.404 e. The average Bonchev–Trinajstić information content (AvgIpc) is 2.64. The van der Waals surface area contributed by atoms with Gasteiger partial charge in [-0.25, -0.2) is 4.79 Å². The van der Waals surface area contributed by atoms with E-state index in [1.54, 1.807) is 0 Å². The van der Waals surface area contributed by atoms with Crippen molar-refractivity contribution in [1.82, 2.24) is 0 Å². The van der Waals surface area contributed by atoms with E-state index in [9.17, 15) is 9.59 Å². The van der Waals surface area contributed by atoms with E-state index in [1.165, 1.54) is 51.9 Å². The van der Waals surface area contributed by atoms with E-state index in [4.69, 9.17) is 26.2 Å². The Kier molecular flexibility index (Phi) is 13.6. The molecule has 0 bridgehead atoms. The minimum absolute atomic E-state index is 0.0359. The highest BCUT2D eigenvalue weighted by atomic mass is 35.5. The number of hydrogen-bond acceptors (Lipinski definition) is 5. The van der Waals surface area contributed by atoms with E-state index in [-0.39, 0.29) is 24.3 Å². The standard InChI is InChI=1S/C8H14O2.C7H11ClO2.C6H12O/c1-7(9)10-8-5-3-2-4-6-8;8-7(9)10-6-4-2-1-3-5-6;7-6-4-2-1-3-5-6/h8H,2-6H2,1H3;6H,1-5H2;6-7H,1-5H2. The lowest BCUT2D eigenvalue weighted by molar-refractivity contribution is -0.147. The van der Waals surface area contributed by atoms with Crippen LogP contribution in [0.3, 0.4) is 0 Å². The molecule has 158 valence electrons. The van der Waals surface area contributed by atoms with Gasteiger partial charge in [-0.3, -0.25) is 4.79 Å². The Balaban J connectivity index is 0.000000206. The van der Waals surface area contributed by atoms with Crippen LogP contribution >= 0.6 is 11.6 Å². The van der Waals surface area contributed by atoms with E-state index in [2.05, 4.69) is 0 Å². The van der Waals surface area contributed by atoms with Crippen LogP contribution in [0.15, 0.2) is 0 Å². The average molecular weight is 405 g/mol. The van der Waals surface area contributed by atoms with Crippen molar-refractivity contribution in [1.29, 1.82) is 0 Å². The highest BCUT2D eigenvalue weighted by molar-refractivity contribution is 6.61. The maximum Gasteiger partial charge on any atom is 0.404 e. The van der Waals surface area contributed by atoms with Gasteiger partial charge in [0, 0.05) is 18.5 Å². The van der Waals surface area contributed by atoms with E-state index >= 15 is 0 Å². The molecule has 3 saturated carbocycles. The molecule has 3 fully saturated rings. The molecule has 0 aromatic rings. The minimum Gasteiger partial charge on any atom is -0.463 e. The van der Waals surface area contributed by atoms with Gasteiger partial charge in [0.2, 0.25) is 0 Å². The normalized spacial score (nSPS) is 21.7. The molecule has 0 radical (unpaired) electrons. The molecule has 1 N–H and O–H groups in total. The lowest BCUT2D eigenvalue weighted by Gasteiger charge is -2.20. The number of carbonyl (C=O) groups excluding carboxylic acids is 2. The van der Waals surface area contributed by atoms with Gasteiger partial charge in [0.15, 0.2) is 0 Å². The number of aliphatic hydroxyl groups is 1. The fraction of sp³-hybridized carbons (Fsp3) is 0.905. The molecule has 5 nitrogen and oxygen atoms in total. The Bertz CT molecular complexity index is 367. The molecule has 0 aromatic heterocycles. The molecule has 0 heterocycles. The van der Waals surface area contributed by atoms with Crippen molar-refractivity contribution in [3.63, 3.8) is 0 Å². The van der Waals surface area contributed by atoms with Gasteiger partial charge in [-0.15, -0.1) is 0 Å². The van der Waals surface area contributed by atoms with Crippen molar-refractivity contribution < 1.29 is 24.2 Å². The molecule has 0 saturated heterocycles. The quantitative estimate of drug-likeness (QED) is 0.459. The number of esters is 1. The Morgan fingerprint density at radius 3 is 1.37 bits per heavy atom. The van der Waals surface area contributed by atoms with Crippen molar-refractivity contribution in [2.75, 3.05) is 0 Å². The molecule has 0 atom stereocenters. The van der Waals surface area contributed by atoms with E-state index < -0.39 is 5.43 Å². The first-order valence-corrected chi connectivity index (χ1v) is 11.1. The molecule has 3 rings (SSSR count). The lowest BCUT2D eigenvalue weighted by Crippen LogP contribution is -2.18. The summed E-state index contributed by atoms with van der Waals surface area (Å²) < 4.78 is 9.87. The van der Waals surface area contributed by atoms with Gasteiger partial charge < -0.3 is 14.6 Å². The third-order valence-electron chi connectivity index (χ3n) is 5.27. The molecule has 3 aliphatic rings. The van der Waals surface area contributed by atoms with Crippen molar-refractivity contribution >= 4 is 23.0 Å². The molecule has 27 heavy (non-hydrogen) atoms. The Morgan fingerprint density at radius 2 is 1.07 bits per heavy atom. The zero-order valence-corrected chi connectivity index (χ0v) is 17.6. The second kappa shape index (κ2) is 15.2. The second-order valence-electron chi connectivity index (χ2n) is 7.78. The zero-order valence-electron chi connectivity index (χ0n) is 16.8. The number of aliphatic hydroxyl groups excluding tert-OH is 1. The Hall–Kier alpha value is -0.810. The van der Waals surface area contributed by atoms with Crippen LogP contribution in [0.2, 0.25) is 0 Å². The first kappa shape index (κ1) is 24.2. The summed E-state index contributed by atoms with van der Waals surface area (Å²) in [5.41, 5.74) is -0.660. The van der Waals surface area contributed by atoms with Crippen LogP contribution in [0.25, 0.3) is 0 Å². The number of halogens is 1. The first-order chi connectivity index (χ1) is 13.0. The molecule has 0 aromatic carbocycles. The maximum atomic E-state index is 10.5. The monoisotopic (exact) mass is 404 g/mol. The molecule has 3 aliphatic carbocycles. The van der Waals surface area contributed by atoms with Gasteiger partial charge in [-0.2, -0.15) is 0 Å². The summed E-state index contributed by atoms with van der Waals surface area (Å²) >= 11 is 5.05. The van der Waals surface area contributed by atoms with Gasteiger partial charge in [0.25, 0.3) is 0 Å². The molecular formula is C21H37ClO5. The molecule has 0 amide bonds. The van der Waals surface area contributed by atoms with Gasteiger partial charge >= 0.3 is 11.4 Å². The van der Waals surface area contributed by atoms with E-state index in [1.807, 2.05) is 0 Å². The zero-order chi connectivity index (χ0) is 19.9. The number of carbonyl (C=O) groups is 2. The lowest BCUT2D eigenvalue weighted by atomic mass is 9.98. The van der Waals surface area contributed by atoms with Crippen LogP contribution in [-0.2, 0) is 14.3 Å². The molecule has 0 unspecified atom stereocenters. The summed E-state index contributed by atoms with van der Waals surface area (Å²) in [4.78, 5) is 20.7. The van der Waals surface area contributed by atoms with Crippen LogP contribution in [0, 0.1) is 0 Å². The van der Waals surface area contributed by atoms with Crippen LogP contribution in [-0.4, -0.2) is 34.8 Å². The fourth-order valence-electron chi connectivity index (χ4n) is 3.81. The largest absolute Gasteiger partial charge is 0.463 e. The summed E-state index contributed by atoms with van der Waals surface area (Å²) in [5, 5.41) is 8.91. The van der Waals surface area contributed by atoms with Crippen molar-refractivity contribution in [2.24, 2.45) is 0 Å². The Morgan fingerprint density at radius 1 is 0.704 bits per heavy atom. The number of ether oxygens (including phenoxy) is 2. The third-order valence-corrected chi connectivity index (χ3v) is 5.36. The SMILES string of the molecule is CC(=O)OC1CCCCC1.O=C(Cl)OC1CCCCC1.OC1CCCCC1. The van der Waals surface area contributed by atoms with Gasteiger partial charge in [-0.05, 0) is 64.2 Å². The molecule has 0 aliphatic heterocycles. The van der Waals surface area contributed by atoms with Crippen LogP contribution in [0.5, 0.6) is 0 Å². The predicted octanol–water partition coefficient (Wildman–Crippen LogP) is 5.89. The highest BCUT2D eigenvalue weighted by Gasteiger charge is 2.16. The summed E-state index contributed by atoms with van der Waals surface area (Å²) in [5.74, 6) is -0.132. The first-order valence-electron chi connectivity index (χ1n) is 10.7. The number of hydrogen-bond donors (Lipinski definition) is 1. The highest BCUT2D eigenvalue weighted by Crippen LogP contribution is 2.21. The summed E-state index contributed by atoms with van der Waals surface area (Å²) in [6.45, 7) is 1.48. The van der Waals surface area contributed by atoms with Gasteiger partial charge in [0.1, 0.15) is 12.2 Å². The number of rotatable bonds is 2. The topological polar surface area (TPSA) is 72.8 Å². The molecule has 0 spiro atoms. The van der Waals surface area contributed by atoms with Gasteiger partial charge in [-0.1, -0.05) is 32.1 Å². The predicted molar refractivity (Wildman–Crippen MR) is 107 cm³/mol. The van der Waals surface area contributed by atoms with E-state index in [0.29, 0.717) is 0 Å². The minimum atomic E-state index is -0.660. The molecule has 6 heteroatoms.